The Balaban J connectivity index is 1.02. The van der Waals surface area contributed by atoms with Crippen molar-refractivity contribution in [3.05, 3.63) is 129 Å². The number of phenolic OH excluding ortho intramolecular Hbond substituents is 1. The Bertz CT molecular complexity index is 2600. The van der Waals surface area contributed by atoms with Crippen molar-refractivity contribution in [2.24, 2.45) is 5.73 Å². The Morgan fingerprint density at radius 3 is 2.43 bits per heavy atom. The van der Waals surface area contributed by atoms with Crippen molar-refractivity contribution in [3.8, 4) is 16.9 Å². The van der Waals surface area contributed by atoms with Crippen molar-refractivity contribution < 1.29 is 23.9 Å². The van der Waals surface area contributed by atoms with Gasteiger partial charge in [0.15, 0.2) is 13.9 Å². The summed E-state index contributed by atoms with van der Waals surface area (Å²) in [5, 5.41) is 25.3. The minimum Gasteiger partial charge on any atom is -0.506 e. The fourth-order valence-electron chi connectivity index (χ4n) is 8.28. The van der Waals surface area contributed by atoms with E-state index in [-0.39, 0.29) is 34.5 Å². The molecule has 1 atom stereocenters. The number of aryl methyl sites for hydroxylation is 2. The summed E-state index contributed by atoms with van der Waals surface area (Å²) >= 11 is 0. The van der Waals surface area contributed by atoms with Crippen LogP contribution in [0.2, 0.25) is 18.1 Å². The molecule has 4 aromatic carbocycles. The number of hydrogen-bond acceptors (Lipinski definition) is 8. The van der Waals surface area contributed by atoms with Crippen LogP contribution in [0, 0.1) is 0 Å². The zero-order chi connectivity index (χ0) is 43.5. The predicted octanol–water partition coefficient (Wildman–Crippen LogP) is 9.44. The molecule has 0 radical (unpaired) electrons. The Labute approximate surface area is 357 Å². The summed E-state index contributed by atoms with van der Waals surface area (Å²) < 4.78 is 14.4. The van der Waals surface area contributed by atoms with Crippen LogP contribution in [0.1, 0.15) is 82.1 Å². The number of carbonyl (C=O) groups is 1. The molecule has 0 spiro atoms. The molecule has 0 aliphatic heterocycles. The number of benzene rings is 4. The Morgan fingerprint density at radius 2 is 1.70 bits per heavy atom. The number of aromatic amines is 1. The van der Waals surface area contributed by atoms with Gasteiger partial charge in [0.2, 0.25) is 5.56 Å². The number of phenols is 1. The highest BCUT2D eigenvalue weighted by molar-refractivity contribution is 6.74. The number of fused-ring (bicyclic) bond motifs is 2. The number of nitrogens with one attached hydrogen (secondary N) is 2. The molecular weight excluding hydrogens is 787 g/mol. The number of amides is 1. The van der Waals surface area contributed by atoms with Crippen molar-refractivity contribution in [1.82, 2.24) is 14.9 Å². The fraction of sp³-hybridized carbons (Fsp3) is 0.396. The molecule has 1 fully saturated rings. The van der Waals surface area contributed by atoms with E-state index in [9.17, 15) is 24.6 Å². The molecular formula is C48H59N5O7Si. The number of nitrogens with zero attached hydrogens (tertiary/aromatic N) is 2. The van der Waals surface area contributed by atoms with Gasteiger partial charge < -0.3 is 35.1 Å². The van der Waals surface area contributed by atoms with E-state index in [0.29, 0.717) is 36.4 Å². The first-order chi connectivity index (χ1) is 29.1. The summed E-state index contributed by atoms with van der Waals surface area (Å²) in [7, 11) is -2.25. The van der Waals surface area contributed by atoms with Crippen LogP contribution in [0.3, 0.4) is 0 Å². The van der Waals surface area contributed by atoms with Gasteiger partial charge in [-0.15, -0.1) is 0 Å². The monoisotopic (exact) mass is 845 g/mol. The Morgan fingerprint density at radius 1 is 0.967 bits per heavy atom. The normalized spacial score (nSPS) is 16.6. The van der Waals surface area contributed by atoms with E-state index >= 15 is 0 Å². The lowest BCUT2D eigenvalue weighted by Gasteiger charge is -2.39. The predicted molar refractivity (Wildman–Crippen MR) is 245 cm³/mol. The fourth-order valence-corrected chi connectivity index (χ4v) is 9.55. The number of hydrogen-bond donors (Lipinski definition) is 5. The van der Waals surface area contributed by atoms with E-state index in [1.807, 2.05) is 66.7 Å². The number of H-pyrrole nitrogens is 1. The Kier molecular flexibility index (Phi) is 13.0. The van der Waals surface area contributed by atoms with Crippen molar-refractivity contribution in [2.75, 3.05) is 11.4 Å². The zero-order valence-corrected chi connectivity index (χ0v) is 36.9. The van der Waals surface area contributed by atoms with Crippen LogP contribution in [0.25, 0.3) is 33.1 Å². The molecule has 0 unspecified atom stereocenters. The summed E-state index contributed by atoms with van der Waals surface area (Å²) in [4.78, 5) is 42.4. The van der Waals surface area contributed by atoms with E-state index in [4.69, 9.17) is 14.6 Å². The molecule has 6 N–H and O–H groups in total. The third-order valence-electron chi connectivity index (χ3n) is 12.7. The second kappa shape index (κ2) is 18.2. The molecule has 1 aliphatic carbocycles. The number of pyridine rings is 1. The molecule has 12 nitrogen and oxygen atoms in total. The molecule has 61 heavy (non-hydrogen) atoms. The number of anilines is 1. The van der Waals surface area contributed by atoms with Crippen molar-refractivity contribution in [3.63, 3.8) is 0 Å². The molecule has 13 heteroatoms. The molecule has 6 aromatic rings. The minimum absolute atomic E-state index is 0.00490. The standard InChI is InChI=1S/C48H59N5O7Si/c1-48(2,3)61(4,5)60-43(37-21-24-41(54)45-38(37)22-25-44(55)51-45)30-50-29-32-15-23-39-42(28-32)59-47(58)52(39)26-10-9-11-31-14-20-36(33-12-7-6-8-13-33)40(27-31)53(46(56)57)35-18-16-34(49)17-19-35/h6-8,12-15,20-25,27-28,34-35,43,50,54H,9-11,16-19,26,29-30,49H2,1-5H3,(H,51,55)(H,56,57)/t34-,35-,43-/m0/s1. The van der Waals surface area contributed by atoms with Gasteiger partial charge in [0.1, 0.15) is 5.75 Å². The highest BCUT2D eigenvalue weighted by Gasteiger charge is 2.40. The largest absolute Gasteiger partial charge is 0.506 e. The quantitative estimate of drug-likeness (QED) is 0.0498. The average molecular weight is 846 g/mol. The number of oxazole rings is 1. The van der Waals surface area contributed by atoms with Crippen LogP contribution in [-0.4, -0.2) is 52.8 Å². The van der Waals surface area contributed by atoms with E-state index in [0.717, 1.165) is 83.7 Å². The molecule has 0 bridgehead atoms. The van der Waals surface area contributed by atoms with Crippen LogP contribution in [0.5, 0.6) is 5.75 Å². The topological polar surface area (TPSA) is 176 Å². The first kappa shape index (κ1) is 43.6. The third kappa shape index (κ3) is 9.86. The summed E-state index contributed by atoms with van der Waals surface area (Å²) in [5.74, 6) is -0.399. The van der Waals surface area contributed by atoms with E-state index < -0.39 is 20.2 Å². The van der Waals surface area contributed by atoms with Crippen LogP contribution in [0.4, 0.5) is 10.5 Å². The number of unbranched alkanes of at least 4 members (excludes halogenated alkanes) is 1. The Hall–Kier alpha value is -5.47. The third-order valence-corrected chi connectivity index (χ3v) is 17.2. The molecule has 2 aromatic heterocycles. The number of aromatic hydroxyl groups is 1. The molecule has 0 saturated heterocycles. The number of carboxylic acid groups (broad SMARTS) is 1. The van der Waals surface area contributed by atoms with Crippen LogP contribution in [0.15, 0.2) is 105 Å². The van der Waals surface area contributed by atoms with Gasteiger partial charge in [-0.05, 0) is 116 Å². The van der Waals surface area contributed by atoms with Gasteiger partial charge in [-0.1, -0.05) is 75.4 Å². The SMILES string of the molecule is CC(C)(C)[Si](C)(C)O[C@@H](CNCc1ccc2c(c1)oc(=O)n2CCCCc1ccc(-c2ccccc2)c(N(C(=O)O)[C@H]2CC[C@H](N)CC2)c1)c1ccc(O)c2[nH]c(=O)ccc12. The van der Waals surface area contributed by atoms with Gasteiger partial charge in [0, 0.05) is 48.7 Å². The van der Waals surface area contributed by atoms with Gasteiger partial charge in [0.25, 0.3) is 0 Å². The van der Waals surface area contributed by atoms with Gasteiger partial charge in [-0.2, -0.15) is 0 Å². The summed E-state index contributed by atoms with van der Waals surface area (Å²) in [5.41, 5.74) is 12.9. The maximum absolute atomic E-state index is 13.1. The lowest BCUT2D eigenvalue weighted by molar-refractivity contribution is 0.181. The summed E-state index contributed by atoms with van der Waals surface area (Å²) in [6, 6.07) is 28.5. The maximum atomic E-state index is 13.1. The van der Waals surface area contributed by atoms with Crippen molar-refractivity contribution in [1.29, 1.82) is 0 Å². The number of rotatable bonds is 15. The molecule has 2 heterocycles. The number of aromatic nitrogens is 2. The summed E-state index contributed by atoms with van der Waals surface area (Å²) in [6.07, 6.45) is 3.99. The maximum Gasteiger partial charge on any atom is 0.419 e. The van der Waals surface area contributed by atoms with E-state index in [1.165, 1.54) is 6.07 Å². The zero-order valence-electron chi connectivity index (χ0n) is 35.9. The first-order valence-electron chi connectivity index (χ1n) is 21.4. The summed E-state index contributed by atoms with van der Waals surface area (Å²) in [6.45, 7) is 12.4. The molecule has 1 saturated carbocycles. The molecule has 7 rings (SSSR count). The lowest BCUT2D eigenvalue weighted by atomic mass is 9.89. The van der Waals surface area contributed by atoms with Crippen LogP contribution in [-0.2, 0) is 23.9 Å². The average Bonchev–Trinajstić information content (AvgIpc) is 3.53. The van der Waals surface area contributed by atoms with Crippen LogP contribution >= 0.6 is 0 Å². The second-order valence-corrected chi connectivity index (χ2v) is 22.8. The minimum atomic E-state index is -2.25. The highest BCUT2D eigenvalue weighted by Crippen LogP contribution is 2.41. The second-order valence-electron chi connectivity index (χ2n) is 18.0. The van der Waals surface area contributed by atoms with E-state index in [2.05, 4.69) is 50.2 Å². The van der Waals surface area contributed by atoms with Gasteiger partial charge in [0.05, 0.1) is 22.8 Å². The van der Waals surface area contributed by atoms with Crippen molar-refractivity contribution in [2.45, 2.75) is 115 Å². The smallest absolute Gasteiger partial charge is 0.419 e. The molecule has 322 valence electrons. The van der Waals surface area contributed by atoms with Gasteiger partial charge >= 0.3 is 11.8 Å². The first-order valence-corrected chi connectivity index (χ1v) is 24.3. The van der Waals surface area contributed by atoms with Crippen molar-refractivity contribution >= 4 is 42.1 Å². The number of nitrogens with two attached hydrogens (primary N) is 1. The molecule has 1 amide bonds. The van der Waals surface area contributed by atoms with Crippen LogP contribution < -0.4 is 27.3 Å². The van der Waals surface area contributed by atoms with Gasteiger partial charge in [-0.3, -0.25) is 14.3 Å². The highest BCUT2D eigenvalue weighted by atomic mass is 28.4. The molecule has 1 aliphatic rings. The van der Waals surface area contributed by atoms with Gasteiger partial charge in [-0.25, -0.2) is 9.59 Å². The lowest BCUT2D eigenvalue weighted by Crippen LogP contribution is -2.44. The van der Waals surface area contributed by atoms with E-state index in [1.54, 1.807) is 21.6 Å².